The number of hydrogen-bond acceptors (Lipinski definition) is 3. The zero-order valence-corrected chi connectivity index (χ0v) is 12.3. The van der Waals surface area contributed by atoms with Crippen LogP contribution < -0.4 is 0 Å². The summed E-state index contributed by atoms with van der Waals surface area (Å²) in [7, 11) is 0. The number of para-hydroxylation sites is 1. The largest absolute Gasteiger partial charge is 0.494 e. The molecule has 2 N–H and O–H groups in total. The van der Waals surface area contributed by atoms with E-state index in [0.717, 1.165) is 15.4 Å². The second-order valence-electron chi connectivity index (χ2n) is 4.82. The minimum Gasteiger partial charge on any atom is -0.494 e. The number of ketones is 1. The fraction of sp³-hybridized carbons (Fsp3) is 0. The highest BCUT2D eigenvalue weighted by Crippen LogP contribution is 2.37. The van der Waals surface area contributed by atoms with Gasteiger partial charge in [-0.1, -0.05) is 34.1 Å². The van der Waals surface area contributed by atoms with Gasteiger partial charge in [-0.05, 0) is 24.3 Å². The van der Waals surface area contributed by atoms with Crippen molar-refractivity contribution in [2.24, 2.45) is 4.99 Å². The van der Waals surface area contributed by atoms with Crippen molar-refractivity contribution in [1.82, 2.24) is 4.98 Å². The van der Waals surface area contributed by atoms with E-state index >= 15 is 0 Å². The Morgan fingerprint density at radius 2 is 1.90 bits per heavy atom. The molecule has 0 saturated carbocycles. The van der Waals surface area contributed by atoms with Gasteiger partial charge in [0.1, 0.15) is 5.71 Å². The highest BCUT2D eigenvalue weighted by molar-refractivity contribution is 9.10. The fourth-order valence-corrected chi connectivity index (χ4v) is 3.22. The van der Waals surface area contributed by atoms with Gasteiger partial charge in [0.2, 0.25) is 5.78 Å². The third kappa shape index (κ3) is 1.67. The predicted molar refractivity (Wildman–Crippen MR) is 84.6 cm³/mol. The number of fused-ring (bicyclic) bond motifs is 2. The number of aromatic amines is 1. The molecule has 0 saturated heterocycles. The average Bonchev–Trinajstić information content (AvgIpc) is 2.97. The number of carbonyl (C=O) groups is 1. The lowest BCUT2D eigenvalue weighted by Crippen LogP contribution is -2.10. The summed E-state index contributed by atoms with van der Waals surface area (Å²) in [5.41, 5.74) is 2.67. The third-order valence-corrected chi connectivity index (χ3v) is 4.25. The quantitative estimate of drug-likeness (QED) is 0.704. The Hall–Kier alpha value is -2.40. The summed E-state index contributed by atoms with van der Waals surface area (Å²) in [5, 5.41) is 11.0. The number of aromatic hydroxyl groups is 1. The number of aliphatic imine (C=N–C) groups is 1. The van der Waals surface area contributed by atoms with Crippen LogP contribution in [0.25, 0.3) is 10.9 Å². The molecular weight excluding hydrogens is 332 g/mol. The van der Waals surface area contributed by atoms with E-state index in [4.69, 9.17) is 0 Å². The Balaban J connectivity index is 2.02. The minimum absolute atomic E-state index is 0.0446. The summed E-state index contributed by atoms with van der Waals surface area (Å²) in [6.45, 7) is 0. The van der Waals surface area contributed by atoms with Gasteiger partial charge in [0, 0.05) is 15.4 Å². The average molecular weight is 341 g/mol. The number of carbonyl (C=O) groups excluding carboxylic acids is 1. The number of aromatic nitrogens is 1. The number of nitrogens with zero attached hydrogens (tertiary/aromatic N) is 1. The lowest BCUT2D eigenvalue weighted by Gasteiger charge is -2.00. The molecule has 0 spiro atoms. The number of benzene rings is 2. The zero-order chi connectivity index (χ0) is 14.6. The molecule has 1 aliphatic rings. The first-order valence-corrected chi connectivity index (χ1v) is 7.18. The maximum atomic E-state index is 12.5. The molecule has 2 heterocycles. The van der Waals surface area contributed by atoms with Crippen LogP contribution in [0, 0.1) is 0 Å². The summed E-state index contributed by atoms with van der Waals surface area (Å²) >= 11 is 3.47. The first-order valence-electron chi connectivity index (χ1n) is 6.39. The summed E-state index contributed by atoms with van der Waals surface area (Å²) in [6.07, 6.45) is 0. The maximum absolute atomic E-state index is 12.5. The molecule has 2 aromatic carbocycles. The van der Waals surface area contributed by atoms with E-state index in [1.807, 2.05) is 24.3 Å². The van der Waals surface area contributed by atoms with Gasteiger partial charge >= 0.3 is 0 Å². The van der Waals surface area contributed by atoms with Crippen LogP contribution in [0.3, 0.4) is 0 Å². The molecule has 0 amide bonds. The monoisotopic (exact) mass is 340 g/mol. The summed E-state index contributed by atoms with van der Waals surface area (Å²) in [4.78, 5) is 19.8. The molecule has 0 fully saturated rings. The van der Waals surface area contributed by atoms with E-state index in [1.54, 1.807) is 18.2 Å². The molecule has 3 aromatic rings. The van der Waals surface area contributed by atoms with E-state index in [0.29, 0.717) is 16.8 Å². The fourth-order valence-electron chi connectivity index (χ4n) is 2.65. The number of rotatable bonds is 1. The highest BCUT2D eigenvalue weighted by Gasteiger charge is 2.30. The molecule has 21 heavy (non-hydrogen) atoms. The van der Waals surface area contributed by atoms with E-state index in [2.05, 4.69) is 25.9 Å². The second-order valence-corrected chi connectivity index (χ2v) is 5.67. The number of nitrogens with one attached hydrogen (secondary N) is 1. The van der Waals surface area contributed by atoms with Crippen LogP contribution in [0.15, 0.2) is 51.9 Å². The van der Waals surface area contributed by atoms with Crippen LogP contribution in [0.1, 0.15) is 15.9 Å². The molecule has 4 rings (SSSR count). The topological polar surface area (TPSA) is 65.4 Å². The summed E-state index contributed by atoms with van der Waals surface area (Å²) in [6, 6.07) is 12.8. The van der Waals surface area contributed by atoms with Gasteiger partial charge in [0.15, 0.2) is 5.88 Å². The van der Waals surface area contributed by atoms with E-state index in [1.165, 1.54) is 0 Å². The normalized spacial score (nSPS) is 13.6. The van der Waals surface area contributed by atoms with Crippen LogP contribution in [0.5, 0.6) is 5.88 Å². The van der Waals surface area contributed by atoms with E-state index in [-0.39, 0.29) is 17.4 Å². The first-order chi connectivity index (χ1) is 10.2. The molecular formula is C16H9BrN2O2. The van der Waals surface area contributed by atoms with Crippen molar-refractivity contribution in [2.75, 3.05) is 0 Å². The summed E-state index contributed by atoms with van der Waals surface area (Å²) in [5.74, 6) is -0.214. The number of halogens is 1. The lowest BCUT2D eigenvalue weighted by molar-refractivity contribution is 0.107. The minimum atomic E-state index is -0.169. The van der Waals surface area contributed by atoms with Crippen molar-refractivity contribution >= 4 is 44.0 Å². The second kappa shape index (κ2) is 4.30. The van der Waals surface area contributed by atoms with Crippen molar-refractivity contribution in [1.29, 1.82) is 0 Å². The summed E-state index contributed by atoms with van der Waals surface area (Å²) < 4.78 is 0.804. The standard InChI is InChI=1S/C16H9BrN2O2/c17-9-5-3-7-11-12(9)13(16(21)19-11)14-15(20)8-4-1-2-6-10(8)18-14/h1-7,19,21H. The molecule has 5 heteroatoms. The van der Waals surface area contributed by atoms with Crippen LogP contribution in [0.4, 0.5) is 5.69 Å². The Morgan fingerprint density at radius 3 is 2.71 bits per heavy atom. The van der Waals surface area contributed by atoms with Crippen LogP contribution in [-0.4, -0.2) is 21.6 Å². The number of hydrogen-bond donors (Lipinski definition) is 2. The van der Waals surface area contributed by atoms with E-state index < -0.39 is 0 Å². The molecule has 1 aromatic heterocycles. The molecule has 102 valence electrons. The van der Waals surface area contributed by atoms with Crippen LogP contribution >= 0.6 is 15.9 Å². The predicted octanol–water partition coefficient (Wildman–Crippen LogP) is 3.95. The van der Waals surface area contributed by atoms with Gasteiger partial charge in [-0.3, -0.25) is 4.79 Å². The van der Waals surface area contributed by atoms with Crippen LogP contribution in [-0.2, 0) is 0 Å². The SMILES string of the molecule is O=C1C(c2c(O)[nH]c3cccc(Br)c23)=Nc2ccccc21. The van der Waals surface area contributed by atoms with Gasteiger partial charge in [0.05, 0.1) is 16.8 Å². The smallest absolute Gasteiger partial charge is 0.214 e. The van der Waals surface area contributed by atoms with Gasteiger partial charge < -0.3 is 10.1 Å². The van der Waals surface area contributed by atoms with Gasteiger partial charge in [-0.25, -0.2) is 4.99 Å². The van der Waals surface area contributed by atoms with E-state index in [9.17, 15) is 9.90 Å². The molecule has 0 atom stereocenters. The van der Waals surface area contributed by atoms with Crippen molar-refractivity contribution in [3.63, 3.8) is 0 Å². The Kier molecular flexibility index (Phi) is 2.53. The Bertz CT molecular complexity index is 941. The Morgan fingerprint density at radius 1 is 1.10 bits per heavy atom. The first kappa shape index (κ1) is 12.3. The molecule has 0 aliphatic carbocycles. The molecule has 0 radical (unpaired) electrons. The van der Waals surface area contributed by atoms with Crippen molar-refractivity contribution in [3.05, 3.63) is 58.1 Å². The molecule has 0 unspecified atom stereocenters. The molecule has 0 bridgehead atoms. The Labute approximate surface area is 128 Å². The van der Waals surface area contributed by atoms with Gasteiger partial charge in [-0.2, -0.15) is 0 Å². The highest BCUT2D eigenvalue weighted by atomic mass is 79.9. The van der Waals surface area contributed by atoms with Crippen LogP contribution in [0.2, 0.25) is 0 Å². The van der Waals surface area contributed by atoms with Crippen molar-refractivity contribution in [2.45, 2.75) is 0 Å². The van der Waals surface area contributed by atoms with Crippen molar-refractivity contribution < 1.29 is 9.90 Å². The molecule has 4 nitrogen and oxygen atoms in total. The third-order valence-electron chi connectivity index (χ3n) is 3.59. The zero-order valence-electron chi connectivity index (χ0n) is 10.7. The van der Waals surface area contributed by atoms with Gasteiger partial charge in [0.25, 0.3) is 0 Å². The van der Waals surface area contributed by atoms with Gasteiger partial charge in [-0.15, -0.1) is 0 Å². The molecule has 1 aliphatic heterocycles. The number of H-pyrrole nitrogens is 1. The maximum Gasteiger partial charge on any atom is 0.214 e. The lowest BCUT2D eigenvalue weighted by atomic mass is 10.0. The number of Topliss-reactive ketones (excluding diaryl/α,β-unsaturated/α-hetero) is 1. The van der Waals surface area contributed by atoms with Crippen molar-refractivity contribution in [3.8, 4) is 5.88 Å².